The van der Waals surface area contributed by atoms with Crippen molar-refractivity contribution in [3.05, 3.63) is 11.3 Å². The standard InChI is InChI=1S/C15H23N3O3/c1-2-12-13(17-21-14(12)16)10-3-6-18(7-4-10)15(19)11-5-8-20-9-11/h10-11H,2-9,16H2,1H3. The largest absolute Gasteiger partial charge is 0.381 e. The van der Waals surface area contributed by atoms with Gasteiger partial charge < -0.3 is 19.9 Å². The lowest BCUT2D eigenvalue weighted by molar-refractivity contribution is -0.136. The van der Waals surface area contributed by atoms with E-state index in [1.165, 1.54) is 0 Å². The first-order valence-electron chi connectivity index (χ1n) is 7.81. The number of nitrogens with two attached hydrogens (primary N) is 1. The van der Waals surface area contributed by atoms with E-state index in [4.69, 9.17) is 15.0 Å². The molecule has 3 rings (SSSR count). The summed E-state index contributed by atoms with van der Waals surface area (Å²) < 4.78 is 10.4. The highest BCUT2D eigenvalue weighted by atomic mass is 16.5. The Bertz CT molecular complexity index is 500. The van der Waals surface area contributed by atoms with E-state index >= 15 is 0 Å². The molecule has 2 aliphatic heterocycles. The smallest absolute Gasteiger partial charge is 0.228 e. The van der Waals surface area contributed by atoms with Crippen LogP contribution in [0.3, 0.4) is 0 Å². The van der Waals surface area contributed by atoms with Gasteiger partial charge in [-0.25, -0.2) is 0 Å². The third-order valence-corrected chi connectivity index (χ3v) is 4.67. The molecule has 1 atom stereocenters. The first-order chi connectivity index (χ1) is 10.2. The molecule has 0 radical (unpaired) electrons. The number of anilines is 1. The van der Waals surface area contributed by atoms with Gasteiger partial charge in [0.05, 0.1) is 18.2 Å². The van der Waals surface area contributed by atoms with E-state index in [-0.39, 0.29) is 11.8 Å². The Morgan fingerprint density at radius 2 is 2.14 bits per heavy atom. The summed E-state index contributed by atoms with van der Waals surface area (Å²) in [5.74, 6) is 1.11. The van der Waals surface area contributed by atoms with Crippen molar-refractivity contribution >= 4 is 11.8 Å². The second-order valence-corrected chi connectivity index (χ2v) is 5.92. The highest BCUT2D eigenvalue weighted by Gasteiger charge is 2.32. The van der Waals surface area contributed by atoms with Crippen LogP contribution in [0, 0.1) is 5.92 Å². The van der Waals surface area contributed by atoms with Gasteiger partial charge in [0.1, 0.15) is 0 Å². The molecule has 6 heteroatoms. The molecule has 2 saturated heterocycles. The highest BCUT2D eigenvalue weighted by Crippen LogP contribution is 2.33. The van der Waals surface area contributed by atoms with Crippen molar-refractivity contribution in [3.8, 4) is 0 Å². The minimum atomic E-state index is 0.0652. The fourth-order valence-corrected chi connectivity index (χ4v) is 3.37. The fourth-order valence-electron chi connectivity index (χ4n) is 3.37. The van der Waals surface area contributed by atoms with Crippen LogP contribution < -0.4 is 5.73 Å². The number of aromatic nitrogens is 1. The molecule has 1 amide bonds. The number of nitrogens with zero attached hydrogens (tertiary/aromatic N) is 2. The van der Waals surface area contributed by atoms with Gasteiger partial charge >= 0.3 is 0 Å². The Morgan fingerprint density at radius 3 is 2.76 bits per heavy atom. The number of amides is 1. The Morgan fingerprint density at radius 1 is 1.38 bits per heavy atom. The van der Waals surface area contributed by atoms with Crippen LogP contribution in [0.5, 0.6) is 0 Å². The van der Waals surface area contributed by atoms with E-state index in [1.54, 1.807) is 0 Å². The molecule has 0 spiro atoms. The van der Waals surface area contributed by atoms with E-state index in [9.17, 15) is 4.79 Å². The summed E-state index contributed by atoms with van der Waals surface area (Å²) in [5.41, 5.74) is 7.83. The molecule has 0 bridgehead atoms. The molecule has 2 fully saturated rings. The Balaban J connectivity index is 1.61. The predicted octanol–water partition coefficient (Wildman–Crippen LogP) is 1.56. The van der Waals surface area contributed by atoms with Crippen molar-refractivity contribution in [3.63, 3.8) is 0 Å². The molecule has 0 aromatic carbocycles. The SMILES string of the molecule is CCc1c(C2CCN(C(=O)C3CCOC3)CC2)noc1N. The maximum Gasteiger partial charge on any atom is 0.228 e. The number of hydrogen-bond donors (Lipinski definition) is 1. The second-order valence-electron chi connectivity index (χ2n) is 5.92. The number of carbonyl (C=O) groups is 1. The molecule has 1 aromatic heterocycles. The van der Waals surface area contributed by atoms with Crippen molar-refractivity contribution in [1.29, 1.82) is 0 Å². The van der Waals surface area contributed by atoms with Crippen molar-refractivity contribution in [1.82, 2.24) is 10.1 Å². The number of rotatable bonds is 3. The van der Waals surface area contributed by atoms with Crippen LogP contribution in [0.1, 0.15) is 43.4 Å². The highest BCUT2D eigenvalue weighted by molar-refractivity contribution is 5.79. The van der Waals surface area contributed by atoms with Crippen LogP contribution in [0.4, 0.5) is 5.88 Å². The van der Waals surface area contributed by atoms with Crippen molar-refractivity contribution in [2.45, 2.75) is 38.5 Å². The molecule has 0 saturated carbocycles. The van der Waals surface area contributed by atoms with Crippen LogP contribution in [-0.4, -0.2) is 42.3 Å². The third-order valence-electron chi connectivity index (χ3n) is 4.67. The summed E-state index contributed by atoms with van der Waals surface area (Å²) in [6.45, 7) is 4.93. The molecule has 116 valence electrons. The topological polar surface area (TPSA) is 81.6 Å². The maximum atomic E-state index is 12.4. The molecular weight excluding hydrogens is 270 g/mol. The lowest BCUT2D eigenvalue weighted by atomic mass is 9.90. The Kier molecular flexibility index (Phi) is 4.14. The summed E-state index contributed by atoms with van der Waals surface area (Å²) in [5, 5.41) is 4.13. The van der Waals surface area contributed by atoms with Gasteiger partial charge in [-0.15, -0.1) is 0 Å². The quantitative estimate of drug-likeness (QED) is 0.914. The van der Waals surface area contributed by atoms with Crippen LogP contribution in [0.25, 0.3) is 0 Å². The summed E-state index contributed by atoms with van der Waals surface area (Å²) in [7, 11) is 0. The summed E-state index contributed by atoms with van der Waals surface area (Å²) in [6.07, 6.45) is 3.55. The monoisotopic (exact) mass is 293 g/mol. The van der Waals surface area contributed by atoms with Gasteiger partial charge in [-0.3, -0.25) is 4.79 Å². The number of nitrogen functional groups attached to an aromatic ring is 1. The second kappa shape index (κ2) is 6.05. The van der Waals surface area contributed by atoms with Crippen LogP contribution in [0.2, 0.25) is 0 Å². The molecule has 1 unspecified atom stereocenters. The van der Waals surface area contributed by atoms with Gasteiger partial charge in [0, 0.05) is 31.2 Å². The number of likely N-dealkylation sites (tertiary alicyclic amines) is 1. The number of hydrogen-bond acceptors (Lipinski definition) is 5. The van der Waals surface area contributed by atoms with Gasteiger partial charge in [0.2, 0.25) is 11.8 Å². The summed E-state index contributed by atoms with van der Waals surface area (Å²) in [6, 6.07) is 0. The van der Waals surface area contributed by atoms with Gasteiger partial charge in [0.15, 0.2) is 0 Å². The summed E-state index contributed by atoms with van der Waals surface area (Å²) in [4.78, 5) is 14.3. The van der Waals surface area contributed by atoms with Crippen molar-refractivity contribution in [2.75, 3.05) is 32.0 Å². The van der Waals surface area contributed by atoms with Crippen LogP contribution in [-0.2, 0) is 16.0 Å². The zero-order chi connectivity index (χ0) is 14.8. The maximum absolute atomic E-state index is 12.4. The molecule has 1 aromatic rings. The summed E-state index contributed by atoms with van der Waals surface area (Å²) >= 11 is 0. The van der Waals surface area contributed by atoms with E-state index in [0.717, 1.165) is 50.0 Å². The molecule has 2 N–H and O–H groups in total. The molecule has 3 heterocycles. The Hall–Kier alpha value is -1.56. The minimum absolute atomic E-state index is 0.0652. The van der Waals surface area contributed by atoms with E-state index in [2.05, 4.69) is 12.1 Å². The molecule has 2 aliphatic rings. The number of ether oxygens (including phenoxy) is 1. The van der Waals surface area contributed by atoms with Crippen molar-refractivity contribution in [2.24, 2.45) is 5.92 Å². The first-order valence-corrected chi connectivity index (χ1v) is 7.81. The molecule has 6 nitrogen and oxygen atoms in total. The minimum Gasteiger partial charge on any atom is -0.381 e. The number of piperidine rings is 1. The van der Waals surface area contributed by atoms with Gasteiger partial charge in [-0.1, -0.05) is 12.1 Å². The van der Waals surface area contributed by atoms with E-state index in [0.29, 0.717) is 25.0 Å². The zero-order valence-electron chi connectivity index (χ0n) is 12.5. The molecule has 21 heavy (non-hydrogen) atoms. The Labute approximate surface area is 124 Å². The average molecular weight is 293 g/mol. The fraction of sp³-hybridized carbons (Fsp3) is 0.733. The average Bonchev–Trinajstić information content (AvgIpc) is 3.16. The molecular formula is C15H23N3O3. The predicted molar refractivity (Wildman–Crippen MR) is 77.8 cm³/mol. The molecule has 0 aliphatic carbocycles. The lowest BCUT2D eigenvalue weighted by Crippen LogP contribution is -2.41. The van der Waals surface area contributed by atoms with Gasteiger partial charge in [-0.2, -0.15) is 0 Å². The lowest BCUT2D eigenvalue weighted by Gasteiger charge is -2.32. The van der Waals surface area contributed by atoms with Gasteiger partial charge in [-0.05, 0) is 25.7 Å². The zero-order valence-corrected chi connectivity index (χ0v) is 12.5. The third kappa shape index (κ3) is 2.77. The van der Waals surface area contributed by atoms with Crippen molar-refractivity contribution < 1.29 is 14.1 Å². The normalized spacial score (nSPS) is 23.7. The number of carbonyl (C=O) groups excluding carboxylic acids is 1. The van der Waals surface area contributed by atoms with E-state index in [1.807, 2.05) is 4.90 Å². The first kappa shape index (κ1) is 14.4. The van der Waals surface area contributed by atoms with Gasteiger partial charge in [0.25, 0.3) is 0 Å². The van der Waals surface area contributed by atoms with Crippen LogP contribution in [0.15, 0.2) is 4.52 Å². The van der Waals surface area contributed by atoms with E-state index < -0.39 is 0 Å². The van der Waals surface area contributed by atoms with Crippen LogP contribution >= 0.6 is 0 Å².